The van der Waals surface area contributed by atoms with E-state index in [9.17, 15) is 14.0 Å². The quantitative estimate of drug-likeness (QED) is 0.338. The van der Waals surface area contributed by atoms with Gasteiger partial charge in [-0.25, -0.2) is 9.37 Å². The Balaban J connectivity index is 1.63. The zero-order valence-corrected chi connectivity index (χ0v) is 18.5. The smallest absolute Gasteiger partial charge is 0.214 e. The first-order valence-corrected chi connectivity index (χ1v) is 11.2. The standard InChI is InChI=1S/C25H21FN4O2S/c26-20-5-1-3-18(13-20)8-11-28-25-23(30(17-32)15-19-4-2-10-27-14-19)7-6-22(29-25)21-9-12-33-24(21)16-31/h1-7,9-10,12-14,16-17H,8,11,15H2,(H,28,29). The number of benzene rings is 1. The van der Waals surface area contributed by atoms with Crippen molar-refractivity contribution < 1.29 is 14.0 Å². The number of thiophene rings is 1. The van der Waals surface area contributed by atoms with E-state index in [1.165, 1.54) is 23.5 Å². The van der Waals surface area contributed by atoms with Crippen LogP contribution in [0, 0.1) is 5.82 Å². The van der Waals surface area contributed by atoms with Crippen LogP contribution in [0.5, 0.6) is 0 Å². The van der Waals surface area contributed by atoms with E-state index in [1.54, 1.807) is 29.4 Å². The second-order valence-corrected chi connectivity index (χ2v) is 8.23. The summed E-state index contributed by atoms with van der Waals surface area (Å²) in [5, 5.41) is 5.13. The summed E-state index contributed by atoms with van der Waals surface area (Å²) in [6.45, 7) is 0.811. The van der Waals surface area contributed by atoms with Gasteiger partial charge in [-0.05, 0) is 59.3 Å². The Bertz CT molecular complexity index is 1250. The Morgan fingerprint density at radius 1 is 1.06 bits per heavy atom. The third-order valence-corrected chi connectivity index (χ3v) is 5.90. The van der Waals surface area contributed by atoms with E-state index in [0.29, 0.717) is 41.6 Å². The van der Waals surface area contributed by atoms with Gasteiger partial charge < -0.3 is 10.2 Å². The average Bonchev–Trinajstić information content (AvgIpc) is 3.32. The van der Waals surface area contributed by atoms with Crippen LogP contribution >= 0.6 is 11.3 Å². The highest BCUT2D eigenvalue weighted by atomic mass is 32.1. The van der Waals surface area contributed by atoms with Crippen LogP contribution in [0.25, 0.3) is 11.3 Å². The molecule has 6 nitrogen and oxygen atoms in total. The normalized spacial score (nSPS) is 10.6. The molecule has 1 N–H and O–H groups in total. The molecule has 0 atom stereocenters. The fourth-order valence-corrected chi connectivity index (χ4v) is 4.18. The van der Waals surface area contributed by atoms with Crippen LogP contribution in [0.3, 0.4) is 0 Å². The number of carbonyl (C=O) groups excluding carboxylic acids is 2. The number of pyridine rings is 2. The van der Waals surface area contributed by atoms with Gasteiger partial charge in [-0.15, -0.1) is 11.3 Å². The van der Waals surface area contributed by atoms with Crippen molar-refractivity contribution in [3.05, 3.63) is 94.2 Å². The van der Waals surface area contributed by atoms with Gasteiger partial charge in [0.2, 0.25) is 6.41 Å². The first-order valence-electron chi connectivity index (χ1n) is 10.3. The highest BCUT2D eigenvalue weighted by Gasteiger charge is 2.16. The zero-order chi connectivity index (χ0) is 23.0. The minimum absolute atomic E-state index is 0.282. The number of aldehydes is 1. The molecular weight excluding hydrogens is 439 g/mol. The van der Waals surface area contributed by atoms with Crippen molar-refractivity contribution in [2.24, 2.45) is 0 Å². The predicted octanol–water partition coefficient (Wildman–Crippen LogP) is 4.97. The summed E-state index contributed by atoms with van der Waals surface area (Å²) in [5.41, 5.74) is 3.69. The number of aromatic nitrogens is 2. The number of hydrogen-bond donors (Lipinski definition) is 1. The maximum absolute atomic E-state index is 13.5. The SMILES string of the molecule is O=Cc1sccc1-c1ccc(N(C=O)Cc2cccnc2)c(NCCc2cccc(F)c2)n1. The van der Waals surface area contributed by atoms with E-state index in [4.69, 9.17) is 4.98 Å². The van der Waals surface area contributed by atoms with Crippen molar-refractivity contribution in [3.63, 3.8) is 0 Å². The van der Waals surface area contributed by atoms with Gasteiger partial charge >= 0.3 is 0 Å². The fourth-order valence-electron chi connectivity index (χ4n) is 3.47. The number of nitrogens with one attached hydrogen (secondary N) is 1. The van der Waals surface area contributed by atoms with Crippen LogP contribution in [0.1, 0.15) is 20.8 Å². The summed E-state index contributed by atoms with van der Waals surface area (Å²) in [4.78, 5) is 34.3. The lowest BCUT2D eigenvalue weighted by Gasteiger charge is -2.21. The second kappa shape index (κ2) is 10.6. The Kier molecular flexibility index (Phi) is 7.16. The molecule has 4 aromatic rings. The van der Waals surface area contributed by atoms with Gasteiger partial charge in [0.05, 0.1) is 22.8 Å². The first kappa shape index (κ1) is 22.3. The number of hydrogen-bond acceptors (Lipinski definition) is 6. The minimum Gasteiger partial charge on any atom is -0.368 e. The minimum atomic E-state index is -0.282. The van der Waals surface area contributed by atoms with E-state index < -0.39 is 0 Å². The molecule has 0 saturated carbocycles. The molecule has 33 heavy (non-hydrogen) atoms. The number of amides is 1. The summed E-state index contributed by atoms with van der Waals surface area (Å²) in [7, 11) is 0. The molecule has 4 rings (SSSR count). The number of nitrogens with zero attached hydrogens (tertiary/aromatic N) is 3. The summed E-state index contributed by atoms with van der Waals surface area (Å²) >= 11 is 1.35. The topological polar surface area (TPSA) is 75.2 Å². The van der Waals surface area contributed by atoms with E-state index >= 15 is 0 Å². The van der Waals surface area contributed by atoms with Crippen LogP contribution < -0.4 is 10.2 Å². The van der Waals surface area contributed by atoms with Gasteiger partial charge in [-0.3, -0.25) is 14.6 Å². The molecule has 0 spiro atoms. The van der Waals surface area contributed by atoms with Crippen molar-refractivity contribution in [3.8, 4) is 11.3 Å². The molecule has 0 fully saturated rings. The number of halogens is 1. The lowest BCUT2D eigenvalue weighted by molar-refractivity contribution is -0.107. The monoisotopic (exact) mass is 460 g/mol. The van der Waals surface area contributed by atoms with Gasteiger partial charge in [0.15, 0.2) is 12.1 Å². The van der Waals surface area contributed by atoms with E-state index in [2.05, 4.69) is 10.3 Å². The Morgan fingerprint density at radius 2 is 1.94 bits per heavy atom. The summed E-state index contributed by atoms with van der Waals surface area (Å²) < 4.78 is 13.5. The number of anilines is 2. The van der Waals surface area contributed by atoms with E-state index in [1.807, 2.05) is 35.7 Å². The molecule has 0 saturated heterocycles. The van der Waals surface area contributed by atoms with E-state index in [-0.39, 0.29) is 5.82 Å². The molecule has 0 aliphatic carbocycles. The van der Waals surface area contributed by atoms with Gasteiger partial charge in [0, 0.05) is 24.5 Å². The van der Waals surface area contributed by atoms with Crippen LogP contribution in [0.2, 0.25) is 0 Å². The van der Waals surface area contributed by atoms with Crippen LogP contribution in [0.4, 0.5) is 15.9 Å². The van der Waals surface area contributed by atoms with Gasteiger partial charge in [0.1, 0.15) is 5.82 Å². The Hall–Kier alpha value is -3.91. The maximum atomic E-state index is 13.5. The zero-order valence-electron chi connectivity index (χ0n) is 17.6. The highest BCUT2D eigenvalue weighted by molar-refractivity contribution is 7.12. The molecule has 0 aliphatic heterocycles. The fraction of sp³-hybridized carbons (Fsp3) is 0.120. The second-order valence-electron chi connectivity index (χ2n) is 7.28. The van der Waals surface area contributed by atoms with Crippen LogP contribution in [-0.2, 0) is 17.8 Å². The lowest BCUT2D eigenvalue weighted by Crippen LogP contribution is -2.23. The molecule has 0 bridgehead atoms. The van der Waals surface area contributed by atoms with Crippen molar-refractivity contribution in [1.29, 1.82) is 0 Å². The van der Waals surface area contributed by atoms with Gasteiger partial charge in [0.25, 0.3) is 0 Å². The molecule has 3 aromatic heterocycles. The molecule has 0 aliphatic rings. The molecule has 0 unspecified atom stereocenters. The third kappa shape index (κ3) is 5.48. The number of carbonyl (C=O) groups is 2. The third-order valence-electron chi connectivity index (χ3n) is 5.06. The molecular formula is C25H21FN4O2S. The summed E-state index contributed by atoms with van der Waals surface area (Å²) in [5.74, 6) is 0.221. The first-order chi connectivity index (χ1) is 16.2. The van der Waals surface area contributed by atoms with Gasteiger partial charge in [-0.1, -0.05) is 18.2 Å². The maximum Gasteiger partial charge on any atom is 0.214 e. The van der Waals surface area contributed by atoms with Crippen molar-refractivity contribution in [2.45, 2.75) is 13.0 Å². The average molecular weight is 461 g/mol. The highest BCUT2D eigenvalue weighted by Crippen LogP contribution is 2.31. The largest absolute Gasteiger partial charge is 0.368 e. The van der Waals surface area contributed by atoms with Gasteiger partial charge in [-0.2, -0.15) is 0 Å². The molecule has 1 amide bonds. The van der Waals surface area contributed by atoms with Crippen molar-refractivity contribution in [2.75, 3.05) is 16.8 Å². The van der Waals surface area contributed by atoms with Crippen molar-refractivity contribution >= 4 is 35.5 Å². The van der Waals surface area contributed by atoms with Crippen LogP contribution in [0.15, 0.2) is 72.4 Å². The predicted molar refractivity (Wildman–Crippen MR) is 128 cm³/mol. The van der Waals surface area contributed by atoms with E-state index in [0.717, 1.165) is 29.4 Å². The molecule has 0 radical (unpaired) electrons. The molecule has 1 aromatic carbocycles. The molecule has 166 valence electrons. The molecule has 8 heteroatoms. The Labute approximate surface area is 194 Å². The van der Waals surface area contributed by atoms with Crippen LogP contribution in [-0.4, -0.2) is 29.2 Å². The summed E-state index contributed by atoms with van der Waals surface area (Å²) in [6, 6.07) is 15.6. The summed E-state index contributed by atoms with van der Waals surface area (Å²) in [6.07, 6.45) is 5.52. The Morgan fingerprint density at radius 3 is 2.70 bits per heavy atom. The lowest BCUT2D eigenvalue weighted by atomic mass is 10.1. The van der Waals surface area contributed by atoms with Crippen molar-refractivity contribution in [1.82, 2.24) is 9.97 Å². The molecule has 3 heterocycles. The number of rotatable bonds is 10.